The monoisotopic (exact) mass is 316 g/mol. The van der Waals surface area contributed by atoms with Gasteiger partial charge in [0.15, 0.2) is 0 Å². The summed E-state index contributed by atoms with van der Waals surface area (Å²) in [5, 5.41) is 10.6. The number of nitrogens with zero attached hydrogens (tertiary/aromatic N) is 3. The molecule has 0 aliphatic carbocycles. The van der Waals surface area contributed by atoms with E-state index in [0.717, 1.165) is 12.1 Å². The molecule has 2 heterocycles. The van der Waals surface area contributed by atoms with Gasteiger partial charge < -0.3 is 10.2 Å². The molecule has 2 amide bonds. The van der Waals surface area contributed by atoms with E-state index in [1.54, 1.807) is 10.4 Å². The molecule has 22 heavy (non-hydrogen) atoms. The summed E-state index contributed by atoms with van der Waals surface area (Å²) >= 11 is 1.26. The van der Waals surface area contributed by atoms with Crippen molar-refractivity contribution in [2.75, 3.05) is 16.8 Å². The maximum atomic E-state index is 12.2. The second kappa shape index (κ2) is 6.23. The fraction of sp³-hybridized carbons (Fsp3) is 0.333. The molecule has 1 aliphatic rings. The van der Waals surface area contributed by atoms with Gasteiger partial charge in [-0.05, 0) is 24.1 Å². The molecule has 1 aliphatic heterocycles. The van der Waals surface area contributed by atoms with Crippen LogP contribution in [0.3, 0.4) is 0 Å². The molecule has 0 saturated carbocycles. The molecule has 0 radical (unpaired) electrons. The zero-order chi connectivity index (χ0) is 15.5. The summed E-state index contributed by atoms with van der Waals surface area (Å²) in [6, 6.07) is 7.88. The van der Waals surface area contributed by atoms with Gasteiger partial charge in [-0.2, -0.15) is 0 Å². The summed E-state index contributed by atoms with van der Waals surface area (Å²) < 4.78 is 0. The highest BCUT2D eigenvalue weighted by Gasteiger charge is 2.35. The molecular weight excluding hydrogens is 300 g/mol. The van der Waals surface area contributed by atoms with Crippen molar-refractivity contribution in [2.24, 2.45) is 5.92 Å². The van der Waals surface area contributed by atoms with Crippen LogP contribution in [-0.4, -0.2) is 28.6 Å². The Bertz CT molecular complexity index is 687. The molecule has 3 rings (SSSR count). The molecule has 0 spiro atoms. The van der Waals surface area contributed by atoms with E-state index in [0.29, 0.717) is 11.7 Å². The fourth-order valence-corrected chi connectivity index (χ4v) is 2.96. The standard InChI is InChI=1S/C15H16N4O2S/c1-2-10-4-3-5-12(6-10)19-8-11(7-13(19)20)14(21)17-15-18-16-9-22-15/h3-6,9,11H,2,7-8H2,1H3,(H,17,18,21)/t11-/m1/s1. The first-order valence-electron chi connectivity index (χ1n) is 7.13. The minimum absolute atomic E-state index is 0.0225. The SMILES string of the molecule is CCc1cccc(N2C[C@H](C(=O)Nc3nncs3)CC2=O)c1. The van der Waals surface area contributed by atoms with Gasteiger partial charge in [-0.3, -0.25) is 9.59 Å². The van der Waals surface area contributed by atoms with Crippen LogP contribution < -0.4 is 10.2 Å². The van der Waals surface area contributed by atoms with E-state index in [-0.39, 0.29) is 24.2 Å². The van der Waals surface area contributed by atoms with Gasteiger partial charge in [-0.1, -0.05) is 30.4 Å². The van der Waals surface area contributed by atoms with Crippen LogP contribution in [0.2, 0.25) is 0 Å². The van der Waals surface area contributed by atoms with E-state index in [2.05, 4.69) is 22.4 Å². The first kappa shape index (κ1) is 14.6. The maximum absolute atomic E-state index is 12.2. The molecule has 114 valence electrons. The number of anilines is 2. The Labute approximate surface area is 132 Å². The summed E-state index contributed by atoms with van der Waals surface area (Å²) in [6.45, 7) is 2.47. The number of hydrogen-bond acceptors (Lipinski definition) is 5. The molecule has 6 nitrogen and oxygen atoms in total. The Balaban J connectivity index is 1.71. The third-order valence-electron chi connectivity index (χ3n) is 3.72. The molecule has 1 aromatic heterocycles. The van der Waals surface area contributed by atoms with Crippen LogP contribution in [0.5, 0.6) is 0 Å². The summed E-state index contributed by atoms with van der Waals surface area (Å²) in [7, 11) is 0. The fourth-order valence-electron chi connectivity index (χ4n) is 2.51. The zero-order valence-corrected chi connectivity index (χ0v) is 13.0. The molecule has 7 heteroatoms. The van der Waals surface area contributed by atoms with E-state index >= 15 is 0 Å². The van der Waals surface area contributed by atoms with Crippen LogP contribution in [0.1, 0.15) is 18.9 Å². The minimum Gasteiger partial charge on any atom is -0.312 e. The van der Waals surface area contributed by atoms with E-state index in [1.807, 2.05) is 24.3 Å². The lowest BCUT2D eigenvalue weighted by atomic mass is 10.1. The predicted octanol–water partition coefficient (Wildman–Crippen LogP) is 2.09. The van der Waals surface area contributed by atoms with Crippen LogP contribution in [-0.2, 0) is 16.0 Å². The van der Waals surface area contributed by atoms with Gasteiger partial charge in [0.1, 0.15) is 5.51 Å². The number of hydrogen-bond donors (Lipinski definition) is 1. The number of carbonyl (C=O) groups excluding carboxylic acids is 2. The van der Waals surface area contributed by atoms with Gasteiger partial charge in [0.25, 0.3) is 0 Å². The summed E-state index contributed by atoms with van der Waals surface area (Å²) in [6.07, 6.45) is 1.14. The Morgan fingerprint density at radius 2 is 2.36 bits per heavy atom. The van der Waals surface area contributed by atoms with Crippen molar-refractivity contribution in [1.29, 1.82) is 0 Å². The van der Waals surface area contributed by atoms with Crippen molar-refractivity contribution in [3.05, 3.63) is 35.3 Å². The van der Waals surface area contributed by atoms with Gasteiger partial charge in [0.2, 0.25) is 16.9 Å². The maximum Gasteiger partial charge on any atom is 0.231 e. The van der Waals surface area contributed by atoms with E-state index in [9.17, 15) is 9.59 Å². The molecule has 1 fully saturated rings. The van der Waals surface area contributed by atoms with Gasteiger partial charge in [0.05, 0.1) is 5.92 Å². The van der Waals surface area contributed by atoms with Crippen LogP contribution in [0.25, 0.3) is 0 Å². The Kier molecular flexibility index (Phi) is 4.15. The van der Waals surface area contributed by atoms with Crippen LogP contribution in [0, 0.1) is 5.92 Å². The highest BCUT2D eigenvalue weighted by Crippen LogP contribution is 2.27. The van der Waals surface area contributed by atoms with Gasteiger partial charge in [-0.25, -0.2) is 0 Å². The van der Waals surface area contributed by atoms with Crippen molar-refractivity contribution in [3.8, 4) is 0 Å². The summed E-state index contributed by atoms with van der Waals surface area (Å²) in [5.74, 6) is -0.563. The van der Waals surface area contributed by atoms with Crippen LogP contribution in [0.15, 0.2) is 29.8 Å². The predicted molar refractivity (Wildman–Crippen MR) is 84.8 cm³/mol. The topological polar surface area (TPSA) is 75.2 Å². The summed E-state index contributed by atoms with van der Waals surface area (Å²) in [4.78, 5) is 26.1. The van der Waals surface area contributed by atoms with Crippen molar-refractivity contribution < 1.29 is 9.59 Å². The number of nitrogens with one attached hydrogen (secondary N) is 1. The lowest BCUT2D eigenvalue weighted by Crippen LogP contribution is -2.28. The second-order valence-electron chi connectivity index (χ2n) is 5.16. The first-order chi connectivity index (χ1) is 10.7. The van der Waals surface area contributed by atoms with Crippen molar-refractivity contribution >= 4 is 34.0 Å². The largest absolute Gasteiger partial charge is 0.312 e. The molecular formula is C15H16N4O2S. The van der Waals surface area contributed by atoms with Crippen LogP contribution in [0.4, 0.5) is 10.8 Å². The number of amides is 2. The molecule has 1 aromatic carbocycles. The number of rotatable bonds is 4. The Morgan fingerprint density at radius 3 is 3.09 bits per heavy atom. The number of carbonyl (C=O) groups is 2. The minimum atomic E-state index is -0.360. The molecule has 1 saturated heterocycles. The first-order valence-corrected chi connectivity index (χ1v) is 8.01. The van der Waals surface area contributed by atoms with E-state index in [1.165, 1.54) is 16.9 Å². The number of aryl methyl sites for hydroxylation is 1. The quantitative estimate of drug-likeness (QED) is 0.937. The van der Waals surface area contributed by atoms with Crippen molar-refractivity contribution in [1.82, 2.24) is 10.2 Å². The average Bonchev–Trinajstić information content (AvgIpc) is 3.17. The highest BCUT2D eigenvalue weighted by atomic mass is 32.1. The van der Waals surface area contributed by atoms with Crippen molar-refractivity contribution in [3.63, 3.8) is 0 Å². The van der Waals surface area contributed by atoms with Crippen LogP contribution >= 0.6 is 11.3 Å². The number of benzene rings is 1. The van der Waals surface area contributed by atoms with E-state index in [4.69, 9.17) is 0 Å². The van der Waals surface area contributed by atoms with Gasteiger partial charge in [0, 0.05) is 18.7 Å². The van der Waals surface area contributed by atoms with E-state index < -0.39 is 0 Å². The summed E-state index contributed by atoms with van der Waals surface area (Å²) in [5.41, 5.74) is 3.58. The van der Waals surface area contributed by atoms with Crippen molar-refractivity contribution in [2.45, 2.75) is 19.8 Å². The van der Waals surface area contributed by atoms with Gasteiger partial charge >= 0.3 is 0 Å². The smallest absolute Gasteiger partial charge is 0.231 e. The molecule has 0 unspecified atom stereocenters. The molecule has 1 atom stereocenters. The molecule has 0 bridgehead atoms. The zero-order valence-electron chi connectivity index (χ0n) is 12.2. The lowest BCUT2D eigenvalue weighted by Gasteiger charge is -2.17. The number of aromatic nitrogens is 2. The third-order valence-corrected chi connectivity index (χ3v) is 4.32. The average molecular weight is 316 g/mol. The highest BCUT2D eigenvalue weighted by molar-refractivity contribution is 7.13. The molecule has 1 N–H and O–H groups in total. The lowest BCUT2D eigenvalue weighted by molar-refractivity contribution is -0.122. The Hall–Kier alpha value is -2.28. The Morgan fingerprint density at radius 1 is 1.50 bits per heavy atom. The normalized spacial score (nSPS) is 17.8. The van der Waals surface area contributed by atoms with Gasteiger partial charge in [-0.15, -0.1) is 10.2 Å². The second-order valence-corrected chi connectivity index (χ2v) is 6.00. The third kappa shape index (κ3) is 2.99. The molecule has 2 aromatic rings.